The maximum Gasteiger partial charge on any atom is 0.417 e. The summed E-state index contributed by atoms with van der Waals surface area (Å²) in [5.41, 5.74) is 3.13. The van der Waals surface area contributed by atoms with Crippen LogP contribution in [0.4, 0.5) is 5.69 Å². The highest BCUT2D eigenvalue weighted by atomic mass is 32.2. The van der Waals surface area contributed by atoms with E-state index in [2.05, 4.69) is 15.0 Å². The summed E-state index contributed by atoms with van der Waals surface area (Å²) in [6.07, 6.45) is 0.221. The van der Waals surface area contributed by atoms with Crippen molar-refractivity contribution >= 4 is 32.7 Å². The first-order valence-corrected chi connectivity index (χ1v) is 9.36. The van der Waals surface area contributed by atoms with Gasteiger partial charge in [0.25, 0.3) is 0 Å². The maximum absolute atomic E-state index is 12.1. The third-order valence-corrected chi connectivity index (χ3v) is 5.92. The van der Waals surface area contributed by atoms with E-state index in [1.165, 1.54) is 19.2 Å². The SMILES string of the molecule is CNS(=O)(=O)c1ccc([C@@H]2CC(=O)Nc3cc4oc(=O)[nH]c4cc32)cc1. The highest BCUT2D eigenvalue weighted by Crippen LogP contribution is 2.39. The standard InChI is InChI=1S/C17H15N3O5S/c1-18-26(23,24)10-4-2-9(3-5-10)11-7-16(21)19-13-8-15-14(6-12(11)13)20-17(22)25-15/h2-6,8,11,18H,7H2,1H3,(H,19,21)(H,20,22)/t11-/m0/s1. The average Bonchev–Trinajstić information content (AvgIpc) is 2.98. The zero-order chi connectivity index (χ0) is 18.5. The Morgan fingerprint density at radius 3 is 2.58 bits per heavy atom. The van der Waals surface area contributed by atoms with Crippen molar-refractivity contribution in [1.82, 2.24) is 9.71 Å². The number of benzene rings is 2. The zero-order valence-electron chi connectivity index (χ0n) is 13.7. The molecule has 0 aliphatic carbocycles. The molecule has 1 aromatic heterocycles. The summed E-state index contributed by atoms with van der Waals surface area (Å²) in [5, 5.41) is 2.79. The van der Waals surface area contributed by atoms with E-state index in [1.807, 2.05) is 0 Å². The van der Waals surface area contributed by atoms with Gasteiger partial charge in [0.1, 0.15) is 0 Å². The van der Waals surface area contributed by atoms with Crippen molar-refractivity contribution in [2.24, 2.45) is 0 Å². The van der Waals surface area contributed by atoms with Crippen LogP contribution in [0.1, 0.15) is 23.5 Å². The van der Waals surface area contributed by atoms with E-state index in [4.69, 9.17) is 4.42 Å². The highest BCUT2D eigenvalue weighted by molar-refractivity contribution is 7.89. The van der Waals surface area contributed by atoms with Crippen LogP contribution in [-0.4, -0.2) is 26.4 Å². The van der Waals surface area contributed by atoms with Crippen LogP contribution in [0.25, 0.3) is 11.1 Å². The lowest BCUT2D eigenvalue weighted by atomic mass is 9.84. The van der Waals surface area contributed by atoms with E-state index in [1.54, 1.807) is 24.3 Å². The molecule has 0 spiro atoms. The number of carbonyl (C=O) groups is 1. The molecule has 0 fully saturated rings. The minimum absolute atomic E-state index is 0.152. The van der Waals surface area contributed by atoms with Crippen molar-refractivity contribution in [3.8, 4) is 0 Å². The largest absolute Gasteiger partial charge is 0.417 e. The smallest absolute Gasteiger partial charge is 0.408 e. The molecule has 0 saturated heterocycles. The van der Waals surface area contributed by atoms with E-state index >= 15 is 0 Å². The van der Waals surface area contributed by atoms with Gasteiger partial charge in [-0.1, -0.05) is 12.1 Å². The molecule has 26 heavy (non-hydrogen) atoms. The van der Waals surface area contributed by atoms with Gasteiger partial charge in [0.15, 0.2) is 5.58 Å². The second-order valence-corrected chi connectivity index (χ2v) is 7.92. The molecule has 1 aliphatic rings. The van der Waals surface area contributed by atoms with Crippen molar-refractivity contribution in [3.05, 3.63) is 58.1 Å². The Bertz CT molecular complexity index is 1180. The first-order chi connectivity index (χ1) is 12.4. The molecule has 0 bridgehead atoms. The number of sulfonamides is 1. The monoisotopic (exact) mass is 373 g/mol. The van der Waals surface area contributed by atoms with Gasteiger partial charge in [0.05, 0.1) is 10.4 Å². The van der Waals surface area contributed by atoms with Crippen molar-refractivity contribution < 1.29 is 17.6 Å². The van der Waals surface area contributed by atoms with Crippen LogP contribution < -0.4 is 15.8 Å². The third-order valence-electron chi connectivity index (χ3n) is 4.49. The van der Waals surface area contributed by atoms with Crippen molar-refractivity contribution in [2.75, 3.05) is 12.4 Å². The van der Waals surface area contributed by atoms with Gasteiger partial charge in [0.2, 0.25) is 15.9 Å². The molecule has 2 aromatic carbocycles. The molecule has 1 atom stereocenters. The van der Waals surface area contributed by atoms with Crippen LogP contribution in [0, 0.1) is 0 Å². The molecule has 134 valence electrons. The molecule has 4 rings (SSSR count). The fraction of sp³-hybridized carbons (Fsp3) is 0.176. The van der Waals surface area contributed by atoms with Crippen LogP contribution in [-0.2, 0) is 14.8 Å². The molecule has 3 aromatic rings. The summed E-state index contributed by atoms with van der Waals surface area (Å²) in [4.78, 5) is 26.3. The van der Waals surface area contributed by atoms with E-state index in [-0.39, 0.29) is 23.1 Å². The number of H-pyrrole nitrogens is 1. The minimum atomic E-state index is -3.52. The van der Waals surface area contributed by atoms with E-state index in [0.29, 0.717) is 16.8 Å². The summed E-state index contributed by atoms with van der Waals surface area (Å²) < 4.78 is 31.0. The quantitative estimate of drug-likeness (QED) is 0.642. The second kappa shape index (κ2) is 5.82. The van der Waals surface area contributed by atoms with Crippen molar-refractivity contribution in [3.63, 3.8) is 0 Å². The Balaban J connectivity index is 1.81. The van der Waals surface area contributed by atoms with Crippen molar-refractivity contribution in [2.45, 2.75) is 17.2 Å². The van der Waals surface area contributed by atoms with Gasteiger partial charge in [-0.2, -0.15) is 0 Å². The zero-order valence-corrected chi connectivity index (χ0v) is 14.5. The van der Waals surface area contributed by atoms with Crippen LogP contribution in [0.2, 0.25) is 0 Å². The number of rotatable bonds is 3. The minimum Gasteiger partial charge on any atom is -0.408 e. The highest BCUT2D eigenvalue weighted by Gasteiger charge is 2.28. The number of carbonyl (C=O) groups excluding carboxylic acids is 1. The molecular formula is C17H15N3O5S. The van der Waals surface area contributed by atoms with Gasteiger partial charge in [-0.15, -0.1) is 0 Å². The number of fused-ring (bicyclic) bond motifs is 2. The normalized spacial score (nSPS) is 17.1. The summed E-state index contributed by atoms with van der Waals surface area (Å²) >= 11 is 0. The van der Waals surface area contributed by atoms with Gasteiger partial charge in [-0.25, -0.2) is 17.9 Å². The topological polar surface area (TPSA) is 121 Å². The summed E-state index contributed by atoms with van der Waals surface area (Å²) in [5.74, 6) is -0.980. The number of nitrogens with one attached hydrogen (secondary N) is 3. The Hall–Kier alpha value is -2.91. The molecule has 1 amide bonds. The summed E-state index contributed by atoms with van der Waals surface area (Å²) in [6, 6.07) is 9.79. The fourth-order valence-electron chi connectivity index (χ4n) is 3.20. The molecule has 2 heterocycles. The first kappa shape index (κ1) is 16.6. The molecule has 8 nitrogen and oxygen atoms in total. The lowest BCUT2D eigenvalue weighted by molar-refractivity contribution is -0.116. The van der Waals surface area contributed by atoms with Gasteiger partial charge >= 0.3 is 5.76 Å². The van der Waals surface area contributed by atoms with Crippen molar-refractivity contribution in [1.29, 1.82) is 0 Å². The third kappa shape index (κ3) is 2.71. The first-order valence-electron chi connectivity index (χ1n) is 7.87. The fourth-order valence-corrected chi connectivity index (χ4v) is 3.93. The summed E-state index contributed by atoms with van der Waals surface area (Å²) in [6.45, 7) is 0. The second-order valence-electron chi connectivity index (χ2n) is 6.03. The van der Waals surface area contributed by atoms with E-state index in [9.17, 15) is 18.0 Å². The molecule has 3 N–H and O–H groups in total. The predicted molar refractivity (Wildman–Crippen MR) is 94.6 cm³/mol. The number of amides is 1. The number of oxazole rings is 1. The number of hydrogen-bond acceptors (Lipinski definition) is 5. The number of anilines is 1. The molecule has 0 unspecified atom stereocenters. The molecule has 0 radical (unpaired) electrons. The van der Waals surface area contributed by atoms with E-state index < -0.39 is 15.8 Å². The van der Waals surface area contributed by atoms with Gasteiger partial charge < -0.3 is 9.73 Å². The Labute approximate surface area is 148 Å². The number of hydrogen-bond donors (Lipinski definition) is 3. The molecule has 0 saturated carbocycles. The Kier molecular flexibility index (Phi) is 3.70. The average molecular weight is 373 g/mol. The van der Waals surface area contributed by atoms with Crippen LogP contribution in [0.3, 0.4) is 0 Å². The molecular weight excluding hydrogens is 358 g/mol. The predicted octanol–water partition coefficient (Wildman–Crippen LogP) is 1.50. The van der Waals surface area contributed by atoms with Crippen LogP contribution in [0.5, 0.6) is 0 Å². The maximum atomic E-state index is 12.1. The van der Waals surface area contributed by atoms with E-state index in [0.717, 1.165) is 11.1 Å². The molecule has 1 aliphatic heterocycles. The Morgan fingerprint density at radius 2 is 1.88 bits per heavy atom. The van der Waals surface area contributed by atoms with Crippen LogP contribution in [0.15, 0.2) is 50.5 Å². The Morgan fingerprint density at radius 1 is 1.15 bits per heavy atom. The van der Waals surface area contributed by atoms with Gasteiger partial charge in [-0.3, -0.25) is 9.78 Å². The number of aromatic amines is 1. The lowest BCUT2D eigenvalue weighted by Gasteiger charge is -2.26. The number of aromatic nitrogens is 1. The molecule has 9 heteroatoms. The lowest BCUT2D eigenvalue weighted by Crippen LogP contribution is -2.23. The summed E-state index contributed by atoms with van der Waals surface area (Å²) in [7, 11) is -2.18. The van der Waals surface area contributed by atoms with Gasteiger partial charge in [0, 0.05) is 24.1 Å². The van der Waals surface area contributed by atoms with Gasteiger partial charge in [-0.05, 0) is 36.4 Å². The van der Waals surface area contributed by atoms with Crippen LogP contribution >= 0.6 is 0 Å².